The van der Waals surface area contributed by atoms with Crippen molar-refractivity contribution in [1.29, 1.82) is 0 Å². The molecule has 94 valence electrons. The molecule has 3 heteroatoms. The largest absolute Gasteiger partial charge is 0.469 e. The Labute approximate surface area is 98.2 Å². The van der Waals surface area contributed by atoms with Crippen molar-refractivity contribution in [3.8, 4) is 0 Å². The molecule has 16 heavy (non-hydrogen) atoms. The van der Waals surface area contributed by atoms with Gasteiger partial charge in [-0.3, -0.25) is 4.79 Å². The molecule has 0 saturated heterocycles. The fourth-order valence-electron chi connectivity index (χ4n) is 3.74. The topological polar surface area (TPSA) is 46.5 Å². The van der Waals surface area contributed by atoms with Gasteiger partial charge in [0.2, 0.25) is 0 Å². The van der Waals surface area contributed by atoms with E-state index in [1.54, 1.807) is 0 Å². The van der Waals surface area contributed by atoms with Crippen LogP contribution in [0.1, 0.15) is 40.5 Å². The molecule has 1 saturated carbocycles. The quantitative estimate of drug-likeness (QED) is 0.737. The number of esters is 1. The van der Waals surface area contributed by atoms with Crippen molar-refractivity contribution in [3.05, 3.63) is 0 Å². The molecule has 0 bridgehead atoms. The molecule has 0 aromatic carbocycles. The minimum absolute atomic E-state index is 0.0900. The van der Waals surface area contributed by atoms with Crippen molar-refractivity contribution >= 4 is 5.97 Å². The van der Waals surface area contributed by atoms with Gasteiger partial charge in [-0.15, -0.1) is 0 Å². The summed E-state index contributed by atoms with van der Waals surface area (Å²) in [6, 6.07) is 0. The number of ether oxygens (including phenoxy) is 1. The standard InChI is InChI=1S/C13H24O3/c1-12(2)6-9(8-14)7-13(3,4)10(12)11(15)16-5/h9-10,14H,6-8H2,1-5H3. The summed E-state index contributed by atoms with van der Waals surface area (Å²) < 4.78 is 4.93. The second-order valence-electron chi connectivity index (χ2n) is 6.39. The van der Waals surface area contributed by atoms with Crippen LogP contribution in [0.4, 0.5) is 0 Å². The first kappa shape index (κ1) is 13.5. The maximum Gasteiger partial charge on any atom is 0.309 e. The fraction of sp³-hybridized carbons (Fsp3) is 0.923. The number of methoxy groups -OCH3 is 1. The van der Waals surface area contributed by atoms with Gasteiger partial charge in [-0.2, -0.15) is 0 Å². The lowest BCUT2D eigenvalue weighted by Crippen LogP contribution is -2.49. The Bertz CT molecular complexity index is 250. The van der Waals surface area contributed by atoms with E-state index in [1.165, 1.54) is 7.11 Å². The molecule has 1 rings (SSSR count). The molecule has 0 radical (unpaired) electrons. The predicted octanol–water partition coefficient (Wildman–Crippen LogP) is 2.23. The summed E-state index contributed by atoms with van der Waals surface area (Å²) >= 11 is 0. The summed E-state index contributed by atoms with van der Waals surface area (Å²) in [6.45, 7) is 8.59. The van der Waals surface area contributed by atoms with Crippen LogP contribution in [0.15, 0.2) is 0 Å². The molecule has 0 heterocycles. The highest BCUT2D eigenvalue weighted by atomic mass is 16.5. The first-order valence-electron chi connectivity index (χ1n) is 5.93. The van der Waals surface area contributed by atoms with Crippen LogP contribution in [-0.4, -0.2) is 24.8 Å². The molecule has 0 spiro atoms. The highest BCUT2D eigenvalue weighted by Crippen LogP contribution is 2.53. The summed E-state index contributed by atoms with van der Waals surface area (Å²) in [5.41, 5.74) is -0.218. The molecule has 0 aromatic heterocycles. The van der Waals surface area contributed by atoms with Gasteiger partial charge in [0, 0.05) is 6.61 Å². The van der Waals surface area contributed by atoms with E-state index < -0.39 is 0 Å². The van der Waals surface area contributed by atoms with E-state index in [-0.39, 0.29) is 29.3 Å². The number of carbonyl (C=O) groups excluding carboxylic acids is 1. The van der Waals surface area contributed by atoms with E-state index in [0.717, 1.165) is 12.8 Å². The van der Waals surface area contributed by atoms with Crippen LogP contribution in [0.3, 0.4) is 0 Å². The summed E-state index contributed by atoms with van der Waals surface area (Å²) in [5, 5.41) is 9.32. The van der Waals surface area contributed by atoms with Crippen LogP contribution >= 0.6 is 0 Å². The maximum atomic E-state index is 11.9. The summed E-state index contributed by atoms with van der Waals surface area (Å²) in [7, 11) is 1.45. The maximum absolute atomic E-state index is 11.9. The zero-order valence-corrected chi connectivity index (χ0v) is 11.0. The minimum atomic E-state index is -0.119. The second kappa shape index (κ2) is 4.36. The fourth-order valence-corrected chi connectivity index (χ4v) is 3.74. The number of carbonyl (C=O) groups is 1. The summed E-state index contributed by atoms with van der Waals surface area (Å²) in [6.07, 6.45) is 1.76. The van der Waals surface area contributed by atoms with Crippen molar-refractivity contribution in [2.24, 2.45) is 22.7 Å². The van der Waals surface area contributed by atoms with Crippen LogP contribution in [-0.2, 0) is 9.53 Å². The SMILES string of the molecule is COC(=O)C1C(C)(C)CC(CO)CC1(C)C. The van der Waals surface area contributed by atoms with Crippen LogP contribution in [0.25, 0.3) is 0 Å². The Kier molecular flexibility index (Phi) is 3.68. The van der Waals surface area contributed by atoms with Crippen molar-refractivity contribution in [3.63, 3.8) is 0 Å². The van der Waals surface area contributed by atoms with Gasteiger partial charge < -0.3 is 9.84 Å². The predicted molar refractivity (Wildman–Crippen MR) is 62.9 cm³/mol. The lowest BCUT2D eigenvalue weighted by molar-refractivity contribution is -0.162. The van der Waals surface area contributed by atoms with E-state index in [1.807, 2.05) is 0 Å². The number of hydrogen-bond donors (Lipinski definition) is 1. The van der Waals surface area contributed by atoms with Crippen molar-refractivity contribution < 1.29 is 14.6 Å². The third-order valence-electron chi connectivity index (χ3n) is 3.89. The van der Waals surface area contributed by atoms with E-state index in [4.69, 9.17) is 4.74 Å². The molecular formula is C13H24O3. The first-order chi connectivity index (χ1) is 7.24. The Morgan fingerprint density at radius 2 is 1.69 bits per heavy atom. The number of aliphatic hydroxyl groups excluding tert-OH is 1. The lowest BCUT2D eigenvalue weighted by atomic mass is 9.54. The summed E-state index contributed by atoms with van der Waals surface area (Å²) in [5.74, 6) is 0.0881. The zero-order valence-electron chi connectivity index (χ0n) is 11.0. The number of aliphatic hydroxyl groups is 1. The molecular weight excluding hydrogens is 204 g/mol. The Morgan fingerprint density at radius 1 is 1.25 bits per heavy atom. The van der Waals surface area contributed by atoms with Gasteiger partial charge in [0.1, 0.15) is 0 Å². The van der Waals surface area contributed by atoms with Crippen LogP contribution in [0, 0.1) is 22.7 Å². The number of hydrogen-bond acceptors (Lipinski definition) is 3. The molecule has 3 nitrogen and oxygen atoms in total. The highest BCUT2D eigenvalue weighted by molar-refractivity contribution is 5.74. The van der Waals surface area contributed by atoms with Gasteiger partial charge in [-0.25, -0.2) is 0 Å². The van der Waals surface area contributed by atoms with Gasteiger partial charge in [-0.1, -0.05) is 27.7 Å². The Hall–Kier alpha value is -0.570. The molecule has 0 unspecified atom stereocenters. The van der Waals surface area contributed by atoms with Crippen molar-refractivity contribution in [2.75, 3.05) is 13.7 Å². The lowest BCUT2D eigenvalue weighted by Gasteiger charge is -2.50. The molecule has 0 amide bonds. The Balaban J connectivity index is 3.01. The first-order valence-corrected chi connectivity index (χ1v) is 5.93. The van der Waals surface area contributed by atoms with E-state index >= 15 is 0 Å². The van der Waals surface area contributed by atoms with E-state index in [2.05, 4.69) is 27.7 Å². The summed E-state index contributed by atoms with van der Waals surface area (Å²) in [4.78, 5) is 11.9. The normalized spacial score (nSPS) is 32.1. The third-order valence-corrected chi connectivity index (χ3v) is 3.89. The van der Waals surface area contributed by atoms with Gasteiger partial charge >= 0.3 is 5.97 Å². The molecule has 1 aliphatic carbocycles. The van der Waals surface area contributed by atoms with Crippen molar-refractivity contribution in [2.45, 2.75) is 40.5 Å². The molecule has 0 aromatic rings. The Morgan fingerprint density at radius 3 is 2.00 bits per heavy atom. The van der Waals surface area contributed by atoms with Gasteiger partial charge in [0.05, 0.1) is 13.0 Å². The van der Waals surface area contributed by atoms with Gasteiger partial charge in [-0.05, 0) is 29.6 Å². The highest BCUT2D eigenvalue weighted by Gasteiger charge is 2.51. The van der Waals surface area contributed by atoms with Crippen LogP contribution in [0.2, 0.25) is 0 Å². The molecule has 0 atom stereocenters. The number of rotatable bonds is 2. The van der Waals surface area contributed by atoms with Crippen LogP contribution < -0.4 is 0 Å². The van der Waals surface area contributed by atoms with Gasteiger partial charge in [0.25, 0.3) is 0 Å². The zero-order chi connectivity index (χ0) is 12.6. The molecule has 1 aliphatic rings. The molecule has 0 aliphatic heterocycles. The van der Waals surface area contributed by atoms with Crippen LogP contribution in [0.5, 0.6) is 0 Å². The second-order valence-corrected chi connectivity index (χ2v) is 6.39. The van der Waals surface area contributed by atoms with Crippen molar-refractivity contribution in [1.82, 2.24) is 0 Å². The average Bonchev–Trinajstić information content (AvgIpc) is 2.13. The average molecular weight is 228 g/mol. The van der Waals surface area contributed by atoms with Gasteiger partial charge in [0.15, 0.2) is 0 Å². The third kappa shape index (κ3) is 2.40. The monoisotopic (exact) mass is 228 g/mol. The van der Waals surface area contributed by atoms with E-state index in [0.29, 0.717) is 5.92 Å². The molecule has 1 N–H and O–H groups in total. The minimum Gasteiger partial charge on any atom is -0.469 e. The molecule has 1 fully saturated rings. The smallest absolute Gasteiger partial charge is 0.309 e. The van der Waals surface area contributed by atoms with E-state index in [9.17, 15) is 9.90 Å².